The van der Waals surface area contributed by atoms with Gasteiger partial charge in [0.25, 0.3) is 0 Å². The minimum Gasteiger partial charge on any atom is -0.356 e. The van der Waals surface area contributed by atoms with Crippen molar-refractivity contribution in [1.29, 1.82) is 5.26 Å². The molecule has 0 saturated heterocycles. The molecule has 0 radical (unpaired) electrons. The lowest BCUT2D eigenvalue weighted by Gasteiger charge is -2.29. The second kappa shape index (κ2) is 30.2. The molecule has 1 fully saturated rings. The number of hydrogen-bond acceptors (Lipinski definition) is 6. The zero-order valence-corrected chi connectivity index (χ0v) is 46.3. The van der Waals surface area contributed by atoms with Crippen LogP contribution in [0.3, 0.4) is 0 Å². The van der Waals surface area contributed by atoms with E-state index in [-0.39, 0.29) is 39.4 Å². The molecule has 0 spiro atoms. The van der Waals surface area contributed by atoms with Crippen LogP contribution in [0.25, 0.3) is 0 Å². The third-order valence-corrected chi connectivity index (χ3v) is 12.6. The van der Waals surface area contributed by atoms with Crippen molar-refractivity contribution in [3.05, 3.63) is 82.0 Å². The van der Waals surface area contributed by atoms with Crippen LogP contribution in [0.1, 0.15) is 203 Å². The Labute approximate surface area is 418 Å². The van der Waals surface area contributed by atoms with Crippen molar-refractivity contribution in [2.75, 3.05) is 30.4 Å². The summed E-state index contributed by atoms with van der Waals surface area (Å²) in [6, 6.07) is 22.0. The molecule has 1 aliphatic carbocycles. The third kappa shape index (κ3) is 29.4. The average Bonchev–Trinajstić information content (AvgIpc) is 3.99. The van der Waals surface area contributed by atoms with E-state index in [1.54, 1.807) is 41.5 Å². The summed E-state index contributed by atoms with van der Waals surface area (Å²) in [6.45, 7) is 34.0. The molecule has 1 saturated carbocycles. The molecule has 0 unspecified atom stereocenters. The Hall–Kier alpha value is -4.49. The maximum Gasteiger partial charge on any atom is 0.226 e. The number of anilines is 2. The van der Waals surface area contributed by atoms with E-state index in [4.69, 9.17) is 5.26 Å². The van der Waals surface area contributed by atoms with Gasteiger partial charge in [0.15, 0.2) is 0 Å². The van der Waals surface area contributed by atoms with E-state index in [1.165, 1.54) is 36.1 Å². The van der Waals surface area contributed by atoms with Gasteiger partial charge in [-0.15, -0.1) is 11.3 Å². The molecule has 10 heteroatoms. The maximum atomic E-state index is 12.1. The molecule has 9 nitrogen and oxygen atoms in total. The number of carbonyl (C=O) groups excluding carboxylic acids is 4. The van der Waals surface area contributed by atoms with Crippen LogP contribution in [0.4, 0.5) is 11.4 Å². The van der Waals surface area contributed by atoms with E-state index < -0.39 is 0 Å². The highest BCUT2D eigenvalue weighted by Crippen LogP contribution is 2.27. The van der Waals surface area contributed by atoms with Gasteiger partial charge in [0.2, 0.25) is 23.6 Å². The van der Waals surface area contributed by atoms with E-state index in [0.717, 1.165) is 56.6 Å². The van der Waals surface area contributed by atoms with Crippen molar-refractivity contribution in [1.82, 2.24) is 10.2 Å². The first-order valence-corrected chi connectivity index (χ1v) is 26.2. The zero-order valence-electron chi connectivity index (χ0n) is 45.5. The highest BCUT2D eigenvalue weighted by atomic mass is 32.1. The summed E-state index contributed by atoms with van der Waals surface area (Å²) in [5, 5.41) is 16.8. The number of carbonyl (C=O) groups is 4. The summed E-state index contributed by atoms with van der Waals surface area (Å²) in [5.74, 6) is 1.24. The topological polar surface area (TPSA) is 123 Å². The van der Waals surface area contributed by atoms with Crippen molar-refractivity contribution >= 4 is 46.3 Å². The normalized spacial score (nSPS) is 12.8. The van der Waals surface area contributed by atoms with Crippen LogP contribution in [0, 0.1) is 33.0 Å². The molecule has 68 heavy (non-hydrogen) atoms. The van der Waals surface area contributed by atoms with Crippen molar-refractivity contribution < 1.29 is 19.2 Å². The first-order valence-electron chi connectivity index (χ1n) is 25.3. The summed E-state index contributed by atoms with van der Waals surface area (Å²) >= 11 is 1.74. The largest absolute Gasteiger partial charge is 0.356 e. The van der Waals surface area contributed by atoms with Gasteiger partial charge in [0.05, 0.1) is 11.6 Å². The SMILES string of the molecule is CC(C)(C)CCC(=O)NCCc1cccs1.CC(C)c1ccc(NC(=O)CCC(C)(C)C)cc1.CCN(C(=O)CCC(C)(C)C)C1CCCC1.CN(C(=O)CCC(C)(C)C)c1cccc(C#N)c1. The minimum absolute atomic E-state index is 0.0833. The van der Waals surface area contributed by atoms with Crippen LogP contribution >= 0.6 is 11.3 Å². The highest BCUT2D eigenvalue weighted by molar-refractivity contribution is 7.09. The maximum absolute atomic E-state index is 12.1. The van der Waals surface area contributed by atoms with Crippen LogP contribution in [0.5, 0.6) is 0 Å². The molecule has 1 aliphatic rings. The van der Waals surface area contributed by atoms with Crippen molar-refractivity contribution in [2.45, 2.75) is 199 Å². The quantitative estimate of drug-likeness (QED) is 0.148. The molecule has 380 valence electrons. The lowest BCUT2D eigenvalue weighted by atomic mass is 9.90. The lowest BCUT2D eigenvalue weighted by molar-refractivity contribution is -0.133. The van der Waals surface area contributed by atoms with Crippen LogP contribution in [0.2, 0.25) is 0 Å². The Kier molecular flexibility index (Phi) is 27.3. The fourth-order valence-electron chi connectivity index (χ4n) is 7.08. The number of rotatable bonds is 16. The molecular formula is C58H93N5O4S. The summed E-state index contributed by atoms with van der Waals surface area (Å²) in [6.07, 6.45) is 12.1. The second-order valence-corrected chi connectivity index (χ2v) is 24.5. The van der Waals surface area contributed by atoms with Gasteiger partial charge < -0.3 is 20.4 Å². The monoisotopic (exact) mass is 956 g/mol. The van der Waals surface area contributed by atoms with Crippen LogP contribution < -0.4 is 15.5 Å². The van der Waals surface area contributed by atoms with Gasteiger partial charge in [-0.1, -0.05) is 134 Å². The predicted octanol–water partition coefficient (Wildman–Crippen LogP) is 14.8. The first kappa shape index (κ1) is 61.5. The minimum atomic E-state index is 0.0833. The molecule has 0 aliphatic heterocycles. The Bertz CT molecular complexity index is 1950. The van der Waals surface area contributed by atoms with Gasteiger partial charge in [-0.2, -0.15) is 5.26 Å². The smallest absolute Gasteiger partial charge is 0.226 e. The van der Waals surface area contributed by atoms with E-state index in [0.29, 0.717) is 49.1 Å². The van der Waals surface area contributed by atoms with Crippen molar-refractivity contribution in [3.63, 3.8) is 0 Å². The van der Waals surface area contributed by atoms with Gasteiger partial charge in [0.1, 0.15) is 0 Å². The van der Waals surface area contributed by atoms with E-state index in [9.17, 15) is 19.2 Å². The summed E-state index contributed by atoms with van der Waals surface area (Å²) in [7, 11) is 1.75. The number of hydrogen-bond donors (Lipinski definition) is 2. The van der Waals surface area contributed by atoms with Crippen molar-refractivity contribution in [2.24, 2.45) is 21.7 Å². The fourth-order valence-corrected chi connectivity index (χ4v) is 7.79. The van der Waals surface area contributed by atoms with Crippen LogP contribution in [-0.4, -0.2) is 54.7 Å². The third-order valence-electron chi connectivity index (χ3n) is 11.7. The van der Waals surface area contributed by atoms with E-state index >= 15 is 0 Å². The van der Waals surface area contributed by atoms with Gasteiger partial charge >= 0.3 is 0 Å². The van der Waals surface area contributed by atoms with Crippen LogP contribution in [0.15, 0.2) is 66.0 Å². The molecule has 0 atom stereocenters. The molecule has 4 amide bonds. The molecule has 0 bridgehead atoms. The fraction of sp³-hybridized carbons (Fsp3) is 0.638. The Morgan fingerprint density at radius 2 is 1.22 bits per heavy atom. The number of nitrogens with one attached hydrogen (secondary N) is 2. The lowest BCUT2D eigenvalue weighted by Crippen LogP contribution is -2.38. The van der Waals surface area contributed by atoms with Gasteiger partial charge in [0, 0.05) is 68.1 Å². The molecule has 2 N–H and O–H groups in total. The molecule has 4 rings (SSSR count). The Balaban J connectivity index is 0.000000454. The average molecular weight is 956 g/mol. The van der Waals surface area contributed by atoms with E-state index in [1.807, 2.05) is 24.3 Å². The summed E-state index contributed by atoms with van der Waals surface area (Å²) < 4.78 is 0. The predicted molar refractivity (Wildman–Crippen MR) is 289 cm³/mol. The number of nitriles is 1. The second-order valence-electron chi connectivity index (χ2n) is 23.5. The number of benzene rings is 2. The van der Waals surface area contributed by atoms with Gasteiger partial charge in [-0.3, -0.25) is 19.2 Å². The van der Waals surface area contributed by atoms with Crippen molar-refractivity contribution in [3.8, 4) is 6.07 Å². The standard InChI is InChI=1S/C16H25NO.C15H20N2O.C14H27NO.C13H21NOS/c1-12(2)13-6-8-14(9-7-13)17-15(18)10-11-16(3,4)5;1-15(2,3)9-8-14(18)17(4)13-7-5-6-12(10-13)11-16;1-5-15(12-8-6-7-9-12)13(16)10-11-14(2,3)4;1-13(2,3)8-6-12(15)14-9-7-11-5-4-10-16-11/h6-9,12H,10-11H2,1-5H3,(H,17,18);5-7,10H,8-9H2,1-4H3;12H,5-11H2,1-4H3;4-5,10H,6-9H2,1-3H3,(H,14,15). The van der Waals surface area contributed by atoms with Gasteiger partial charge in [-0.25, -0.2) is 0 Å². The Morgan fingerprint density at radius 1 is 0.706 bits per heavy atom. The molecule has 2 aromatic carbocycles. The molecule has 3 aromatic rings. The molecular weight excluding hydrogens is 863 g/mol. The summed E-state index contributed by atoms with van der Waals surface area (Å²) in [4.78, 5) is 52.5. The number of nitrogens with zero attached hydrogens (tertiary/aromatic N) is 3. The van der Waals surface area contributed by atoms with Crippen LogP contribution in [-0.2, 0) is 25.6 Å². The van der Waals surface area contributed by atoms with Gasteiger partial charge in [-0.05, 0) is 127 Å². The number of thiophene rings is 1. The molecule has 1 heterocycles. The first-order chi connectivity index (χ1) is 31.5. The van der Waals surface area contributed by atoms with E-state index in [2.05, 4.69) is 149 Å². The zero-order chi connectivity index (χ0) is 51.7. The molecule has 1 aromatic heterocycles. The number of amides is 4. The Morgan fingerprint density at radius 3 is 1.69 bits per heavy atom. The highest BCUT2D eigenvalue weighted by Gasteiger charge is 2.26. The summed E-state index contributed by atoms with van der Waals surface area (Å²) in [5.41, 5.74) is 4.40.